The fourth-order valence-electron chi connectivity index (χ4n) is 5.13. The molecule has 2 nitrogen and oxygen atoms in total. The van der Waals surface area contributed by atoms with Crippen molar-refractivity contribution in [3.05, 3.63) is 131 Å². The summed E-state index contributed by atoms with van der Waals surface area (Å²) in [5, 5.41) is 6.17. The van der Waals surface area contributed by atoms with Gasteiger partial charge in [0.1, 0.15) is 0 Å². The van der Waals surface area contributed by atoms with Gasteiger partial charge < -0.3 is 9.13 Å². The van der Waals surface area contributed by atoms with E-state index in [9.17, 15) is 0 Å². The number of rotatable bonds is 4. The van der Waals surface area contributed by atoms with Gasteiger partial charge in [-0.1, -0.05) is 71.5 Å². The number of aryl methyl sites for hydroxylation is 2. The van der Waals surface area contributed by atoms with E-state index >= 15 is 0 Å². The van der Waals surface area contributed by atoms with Crippen LogP contribution in [0.4, 0.5) is 0 Å². The predicted molar refractivity (Wildman–Crippen MR) is 200 cm³/mol. The number of benzene rings is 4. The lowest BCUT2D eigenvalue weighted by molar-refractivity contribution is 1.13. The van der Waals surface area contributed by atoms with Crippen LogP contribution in [0.1, 0.15) is 22.3 Å². The summed E-state index contributed by atoms with van der Waals surface area (Å²) in [6, 6.07) is 39.3. The molecule has 0 unspecified atom stereocenters. The van der Waals surface area contributed by atoms with E-state index in [-0.39, 0.29) is 0 Å². The van der Waals surface area contributed by atoms with E-state index in [1.54, 1.807) is 0 Å². The molecule has 6 aromatic rings. The van der Waals surface area contributed by atoms with Gasteiger partial charge in [0.25, 0.3) is 0 Å². The van der Waals surface area contributed by atoms with Gasteiger partial charge in [-0.25, -0.2) is 0 Å². The lowest BCUT2D eigenvalue weighted by atomic mass is 10.1. The van der Waals surface area contributed by atoms with Crippen LogP contribution in [0, 0.1) is 36.2 Å². The lowest BCUT2D eigenvalue weighted by Crippen LogP contribution is -1.97. The number of nitrogens with zero attached hydrogens (tertiary/aromatic N) is 2. The van der Waals surface area contributed by atoms with Gasteiger partial charge in [0.2, 0.25) is 0 Å². The van der Waals surface area contributed by atoms with Crippen molar-refractivity contribution >= 4 is 71.3 Å². The zero-order chi connectivity index (χ0) is 29.1. The lowest BCUT2D eigenvalue weighted by Gasteiger charge is -2.12. The molecule has 0 aliphatic heterocycles. The minimum atomic E-state index is 1.01. The fourth-order valence-corrected chi connectivity index (χ4v) is 6.10. The van der Waals surface area contributed by atoms with Gasteiger partial charge in [0.15, 0.2) is 0 Å². The van der Waals surface area contributed by atoms with E-state index in [2.05, 4.69) is 197 Å². The third-order valence-corrected chi connectivity index (χ3v) is 8.87. The van der Waals surface area contributed by atoms with Crippen LogP contribution < -0.4 is 0 Å². The van der Waals surface area contributed by atoms with E-state index in [0.717, 1.165) is 56.0 Å². The summed E-state index contributed by atoms with van der Waals surface area (Å²) >= 11 is 4.41. The van der Waals surface area contributed by atoms with Crippen molar-refractivity contribution in [2.75, 3.05) is 0 Å². The average Bonchev–Trinajstić information content (AvgIpc) is 3.57. The van der Waals surface area contributed by atoms with Crippen molar-refractivity contribution in [2.24, 2.45) is 0 Å². The zero-order valence-electron chi connectivity index (χ0n) is 22.9. The molecule has 0 bridgehead atoms. The maximum atomic E-state index is 3.21. The summed E-state index contributed by atoms with van der Waals surface area (Å²) in [5.74, 6) is 6.42. The molecular formula is C36H24I2N2S2. The first-order chi connectivity index (χ1) is 20.6. The number of halogens is 2. The standard InChI is InChI=1S/C36H24I2N2S2/c1-25-3-15-31(16-4-25)39-33(29-11-7-27(8-12-29)19-21-41-37)23-36-35(39)24-34(40(36)32-17-5-26(2)6-18-32)30-13-9-28(10-14-30)20-22-42-38/h3-18,23-24H,1-2H3. The summed E-state index contributed by atoms with van der Waals surface area (Å²) in [6.45, 7) is 4.26. The van der Waals surface area contributed by atoms with Gasteiger partial charge in [-0.15, -0.1) is 0 Å². The molecule has 4 aromatic carbocycles. The molecule has 0 spiro atoms. The molecule has 0 atom stereocenters. The highest BCUT2D eigenvalue weighted by atomic mass is 127. The van der Waals surface area contributed by atoms with Crippen molar-refractivity contribution < 1.29 is 0 Å². The molecule has 0 N–H and O–H groups in total. The Balaban J connectivity index is 1.61. The molecule has 2 heterocycles. The third kappa shape index (κ3) is 6.05. The summed E-state index contributed by atoms with van der Waals surface area (Å²) in [7, 11) is 3.00. The van der Waals surface area contributed by atoms with Crippen LogP contribution in [0.15, 0.2) is 109 Å². The molecule has 6 heteroatoms. The molecule has 2 aromatic heterocycles. The maximum Gasteiger partial charge on any atom is 0.0724 e. The van der Waals surface area contributed by atoms with Crippen molar-refractivity contribution in [2.45, 2.75) is 13.8 Å². The molecule has 0 fully saturated rings. The Morgan fingerprint density at radius 2 is 0.857 bits per heavy atom. The van der Waals surface area contributed by atoms with Gasteiger partial charge in [-0.05, 0) is 114 Å². The highest BCUT2D eigenvalue weighted by molar-refractivity contribution is 14.2. The van der Waals surface area contributed by atoms with Gasteiger partial charge in [0.05, 0.1) is 22.4 Å². The van der Waals surface area contributed by atoms with Gasteiger partial charge in [0, 0.05) is 64.9 Å². The largest absolute Gasteiger partial charge is 0.308 e. The number of hydrogen-bond donors (Lipinski definition) is 0. The third-order valence-electron chi connectivity index (χ3n) is 7.19. The first-order valence-corrected chi connectivity index (χ1v) is 20.0. The molecule has 6 rings (SSSR count). The Morgan fingerprint density at radius 3 is 1.19 bits per heavy atom. The number of hydrogen-bond acceptors (Lipinski definition) is 2. The topological polar surface area (TPSA) is 9.86 Å². The Hall–Kier alpha value is -3.02. The van der Waals surface area contributed by atoms with Crippen LogP contribution in [0.3, 0.4) is 0 Å². The first-order valence-electron chi connectivity index (χ1n) is 13.2. The van der Waals surface area contributed by atoms with E-state index in [1.165, 1.54) is 29.0 Å². The first kappa shape index (κ1) is 29.1. The fraction of sp³-hybridized carbons (Fsp3) is 0.0556. The summed E-state index contributed by atoms with van der Waals surface area (Å²) < 4.78 is 4.75. The van der Waals surface area contributed by atoms with Gasteiger partial charge in [-0.3, -0.25) is 0 Å². The normalized spacial score (nSPS) is 10.7. The monoisotopic (exact) mass is 802 g/mol. The van der Waals surface area contributed by atoms with Crippen LogP contribution in [-0.4, -0.2) is 9.13 Å². The van der Waals surface area contributed by atoms with E-state index in [0.29, 0.717) is 0 Å². The molecule has 204 valence electrons. The van der Waals surface area contributed by atoms with Gasteiger partial charge in [-0.2, -0.15) is 0 Å². The van der Waals surface area contributed by atoms with Gasteiger partial charge >= 0.3 is 0 Å². The Morgan fingerprint density at radius 1 is 0.500 bits per heavy atom. The molecular weight excluding hydrogens is 778 g/mol. The molecule has 0 radical (unpaired) electrons. The van der Waals surface area contributed by atoms with E-state index < -0.39 is 0 Å². The van der Waals surface area contributed by atoms with Crippen LogP contribution in [0.25, 0.3) is 44.9 Å². The Bertz CT molecular complexity index is 1850. The maximum absolute atomic E-state index is 3.21. The second-order valence-corrected chi connectivity index (χ2v) is 13.3. The molecule has 0 saturated heterocycles. The summed E-state index contributed by atoms with van der Waals surface area (Å²) in [6.07, 6.45) is 0. The van der Waals surface area contributed by atoms with Crippen molar-refractivity contribution in [3.8, 4) is 56.2 Å². The van der Waals surface area contributed by atoms with Crippen LogP contribution in [-0.2, 0) is 0 Å². The molecule has 0 amide bonds. The second kappa shape index (κ2) is 13.1. The van der Waals surface area contributed by atoms with Crippen LogP contribution in [0.5, 0.6) is 0 Å². The summed E-state index contributed by atoms with van der Waals surface area (Å²) in [5.41, 5.74) is 13.6. The smallest absolute Gasteiger partial charge is 0.0724 e. The average molecular weight is 803 g/mol. The highest BCUT2D eigenvalue weighted by Crippen LogP contribution is 2.38. The molecule has 0 aliphatic rings. The van der Waals surface area contributed by atoms with Crippen molar-refractivity contribution in [1.82, 2.24) is 9.13 Å². The minimum Gasteiger partial charge on any atom is -0.308 e. The van der Waals surface area contributed by atoms with Crippen LogP contribution in [0.2, 0.25) is 0 Å². The zero-order valence-corrected chi connectivity index (χ0v) is 28.8. The van der Waals surface area contributed by atoms with E-state index in [4.69, 9.17) is 0 Å². The second-order valence-electron chi connectivity index (χ2n) is 9.93. The van der Waals surface area contributed by atoms with Crippen LogP contribution >= 0.6 is 60.3 Å². The molecule has 42 heavy (non-hydrogen) atoms. The quantitative estimate of drug-likeness (QED) is 0.130. The SMILES string of the molecule is Cc1ccc(-n2c(-c3ccc(C#CSI)cc3)cc3c2cc(-c2ccc(C#CSI)cc2)n3-c2ccc(C)cc2)cc1. The Labute approximate surface area is 279 Å². The number of fused-ring (bicyclic) bond motifs is 1. The number of aromatic nitrogens is 2. The molecule has 0 aliphatic carbocycles. The Kier molecular flexibility index (Phi) is 9.06. The summed E-state index contributed by atoms with van der Waals surface area (Å²) in [4.78, 5) is 0. The molecule has 0 saturated carbocycles. The van der Waals surface area contributed by atoms with Crippen molar-refractivity contribution in [1.29, 1.82) is 0 Å². The van der Waals surface area contributed by atoms with E-state index in [1.807, 2.05) is 0 Å². The predicted octanol–water partition coefficient (Wildman–Crippen LogP) is 11.2. The van der Waals surface area contributed by atoms with Crippen molar-refractivity contribution in [3.63, 3.8) is 0 Å². The minimum absolute atomic E-state index is 1.01. The highest BCUT2D eigenvalue weighted by Gasteiger charge is 2.20.